The van der Waals surface area contributed by atoms with E-state index in [1.165, 1.54) is 19.3 Å². The summed E-state index contributed by atoms with van der Waals surface area (Å²) in [5, 5.41) is 0.691. The first kappa shape index (κ1) is 12.3. The van der Waals surface area contributed by atoms with E-state index in [1.807, 2.05) is 11.8 Å². The van der Waals surface area contributed by atoms with Gasteiger partial charge in [-0.3, -0.25) is 4.90 Å². The van der Waals surface area contributed by atoms with Crippen LogP contribution in [0.2, 0.25) is 0 Å². The number of hydrogen-bond donors (Lipinski definition) is 0. The van der Waals surface area contributed by atoms with Gasteiger partial charge in [-0.05, 0) is 32.7 Å². The Morgan fingerprint density at radius 1 is 1.33 bits per heavy atom. The fourth-order valence-electron chi connectivity index (χ4n) is 1.62. The highest BCUT2D eigenvalue weighted by Crippen LogP contribution is 2.23. The van der Waals surface area contributed by atoms with Crippen LogP contribution in [-0.4, -0.2) is 30.6 Å². The summed E-state index contributed by atoms with van der Waals surface area (Å²) >= 11 is 1.96. The average Bonchev–Trinajstić information content (AvgIpc) is 2.01. The van der Waals surface area contributed by atoms with Crippen molar-refractivity contribution >= 4 is 11.8 Å². The van der Waals surface area contributed by atoms with E-state index in [9.17, 15) is 0 Å². The van der Waals surface area contributed by atoms with Crippen LogP contribution in [0.25, 0.3) is 0 Å². The zero-order valence-electron chi connectivity index (χ0n) is 9.13. The van der Waals surface area contributed by atoms with Crippen LogP contribution in [0.4, 0.5) is 0 Å². The van der Waals surface area contributed by atoms with E-state index >= 15 is 0 Å². The van der Waals surface area contributed by atoms with Gasteiger partial charge in [0, 0.05) is 0 Å². The van der Waals surface area contributed by atoms with Crippen LogP contribution in [0, 0.1) is 5.92 Å². The summed E-state index contributed by atoms with van der Waals surface area (Å²) < 4.78 is 0. The van der Waals surface area contributed by atoms with E-state index in [-0.39, 0.29) is 0 Å². The molecular formula is C10H23NS. The number of unbranched alkanes of at least 4 members (excludes halogenated alkanes) is 1. The molecule has 0 aromatic rings. The average molecular weight is 189 g/mol. The van der Waals surface area contributed by atoms with Gasteiger partial charge in [-0.15, -0.1) is 11.8 Å². The number of nitrogens with zero attached hydrogens (tertiary/aromatic N) is 1. The van der Waals surface area contributed by atoms with Gasteiger partial charge in [-0.25, -0.2) is 0 Å². The number of rotatable bonds is 6. The molecule has 0 amide bonds. The smallest absolute Gasteiger partial charge is 0.0575 e. The van der Waals surface area contributed by atoms with E-state index in [0.29, 0.717) is 5.37 Å². The highest BCUT2D eigenvalue weighted by molar-refractivity contribution is 7.99. The normalized spacial score (nSPS) is 16.5. The van der Waals surface area contributed by atoms with Crippen molar-refractivity contribution in [3.05, 3.63) is 0 Å². The zero-order chi connectivity index (χ0) is 9.56. The molecule has 0 N–H and O–H groups in total. The lowest BCUT2D eigenvalue weighted by molar-refractivity contribution is 0.292. The minimum absolute atomic E-state index is 0.691. The van der Waals surface area contributed by atoms with Crippen LogP contribution < -0.4 is 0 Å². The van der Waals surface area contributed by atoms with Crippen molar-refractivity contribution in [2.75, 3.05) is 20.4 Å². The van der Waals surface area contributed by atoms with Gasteiger partial charge in [0.05, 0.1) is 5.37 Å². The third-order valence-corrected chi connectivity index (χ3v) is 3.62. The Balaban J connectivity index is 3.77. The fourth-order valence-corrected chi connectivity index (χ4v) is 2.64. The van der Waals surface area contributed by atoms with Gasteiger partial charge < -0.3 is 0 Å². The van der Waals surface area contributed by atoms with Crippen molar-refractivity contribution in [2.24, 2.45) is 5.92 Å². The molecule has 1 nitrogen and oxygen atoms in total. The molecule has 0 fully saturated rings. The third-order valence-electron chi connectivity index (χ3n) is 2.25. The van der Waals surface area contributed by atoms with Gasteiger partial charge in [0.2, 0.25) is 0 Å². The van der Waals surface area contributed by atoms with Crippen LogP contribution >= 0.6 is 11.8 Å². The molecule has 0 saturated heterocycles. The molecule has 0 heterocycles. The Morgan fingerprint density at radius 2 is 1.92 bits per heavy atom. The molecule has 0 aliphatic carbocycles. The van der Waals surface area contributed by atoms with Crippen LogP contribution in [0.15, 0.2) is 0 Å². The summed E-state index contributed by atoms with van der Waals surface area (Å²) in [7, 11) is 4.34. The molecule has 0 aliphatic rings. The fraction of sp³-hybridized carbons (Fsp3) is 1.00. The second-order valence-corrected chi connectivity index (χ2v) is 4.66. The predicted octanol–water partition coefficient (Wildman–Crippen LogP) is 3.06. The van der Waals surface area contributed by atoms with Crippen molar-refractivity contribution in [3.8, 4) is 0 Å². The summed E-state index contributed by atoms with van der Waals surface area (Å²) in [6.45, 7) is 4.62. The molecule has 2 unspecified atom stereocenters. The topological polar surface area (TPSA) is 3.24 Å². The van der Waals surface area contributed by atoms with Crippen LogP contribution in [-0.2, 0) is 0 Å². The quantitative estimate of drug-likeness (QED) is 0.591. The maximum absolute atomic E-state index is 2.36. The van der Waals surface area contributed by atoms with Crippen molar-refractivity contribution in [1.82, 2.24) is 4.90 Å². The largest absolute Gasteiger partial charge is 0.297 e. The number of hydrogen-bond acceptors (Lipinski definition) is 2. The van der Waals surface area contributed by atoms with E-state index in [2.05, 4.69) is 39.1 Å². The minimum atomic E-state index is 0.691. The maximum atomic E-state index is 2.36. The lowest BCUT2D eigenvalue weighted by Gasteiger charge is -2.28. The summed E-state index contributed by atoms with van der Waals surface area (Å²) in [5.41, 5.74) is 0. The first-order chi connectivity index (χ1) is 5.63. The lowest BCUT2D eigenvalue weighted by atomic mass is 10.0. The van der Waals surface area contributed by atoms with Crippen molar-refractivity contribution in [2.45, 2.75) is 38.5 Å². The van der Waals surface area contributed by atoms with Crippen molar-refractivity contribution in [1.29, 1.82) is 0 Å². The summed E-state index contributed by atoms with van der Waals surface area (Å²) in [5.74, 6) is 0.815. The first-order valence-electron chi connectivity index (χ1n) is 4.82. The second kappa shape index (κ2) is 6.79. The van der Waals surface area contributed by atoms with Gasteiger partial charge in [0.1, 0.15) is 0 Å². The second-order valence-electron chi connectivity index (χ2n) is 3.71. The summed E-state index contributed by atoms with van der Waals surface area (Å²) in [6, 6.07) is 0. The molecule has 0 aromatic carbocycles. The molecule has 2 atom stereocenters. The predicted molar refractivity (Wildman–Crippen MR) is 59.7 cm³/mol. The summed E-state index contributed by atoms with van der Waals surface area (Å²) in [6.07, 6.45) is 6.25. The van der Waals surface area contributed by atoms with Crippen molar-refractivity contribution in [3.63, 3.8) is 0 Å². The van der Waals surface area contributed by atoms with Gasteiger partial charge in [0.25, 0.3) is 0 Å². The molecule has 0 saturated carbocycles. The molecule has 0 rings (SSSR count). The Bertz CT molecular complexity index is 104. The van der Waals surface area contributed by atoms with E-state index in [0.717, 1.165) is 5.92 Å². The van der Waals surface area contributed by atoms with Crippen LogP contribution in [0.5, 0.6) is 0 Å². The van der Waals surface area contributed by atoms with E-state index in [4.69, 9.17) is 0 Å². The molecule has 0 aromatic heterocycles. The van der Waals surface area contributed by atoms with Gasteiger partial charge in [-0.1, -0.05) is 26.7 Å². The third kappa shape index (κ3) is 4.36. The molecule has 0 aliphatic heterocycles. The monoisotopic (exact) mass is 189 g/mol. The Kier molecular flexibility index (Phi) is 6.96. The lowest BCUT2D eigenvalue weighted by Crippen LogP contribution is -2.30. The van der Waals surface area contributed by atoms with Gasteiger partial charge >= 0.3 is 0 Å². The Hall–Kier alpha value is 0.310. The molecule has 0 spiro atoms. The number of thioether (sulfide) groups is 1. The molecule has 2 heteroatoms. The van der Waals surface area contributed by atoms with Gasteiger partial charge in [0.15, 0.2) is 0 Å². The Morgan fingerprint density at radius 3 is 2.25 bits per heavy atom. The molecule has 12 heavy (non-hydrogen) atoms. The SMILES string of the molecule is CCCCC(C)C(SC)N(C)C. The maximum Gasteiger partial charge on any atom is 0.0575 e. The van der Waals surface area contributed by atoms with Crippen LogP contribution in [0.1, 0.15) is 33.1 Å². The van der Waals surface area contributed by atoms with Crippen molar-refractivity contribution < 1.29 is 0 Å². The Labute approximate surface area is 81.9 Å². The highest BCUT2D eigenvalue weighted by Gasteiger charge is 2.16. The molecular weight excluding hydrogens is 166 g/mol. The van der Waals surface area contributed by atoms with E-state index < -0.39 is 0 Å². The summed E-state index contributed by atoms with van der Waals surface area (Å²) in [4.78, 5) is 2.32. The molecule has 0 radical (unpaired) electrons. The standard InChI is InChI=1S/C10H23NS/c1-6-7-8-9(2)10(12-5)11(3)4/h9-10H,6-8H2,1-5H3. The zero-order valence-corrected chi connectivity index (χ0v) is 9.95. The molecule has 0 bridgehead atoms. The molecule has 74 valence electrons. The highest BCUT2D eigenvalue weighted by atomic mass is 32.2. The first-order valence-corrected chi connectivity index (χ1v) is 6.11. The minimum Gasteiger partial charge on any atom is -0.297 e. The van der Waals surface area contributed by atoms with Gasteiger partial charge in [-0.2, -0.15) is 0 Å². The van der Waals surface area contributed by atoms with Crippen LogP contribution in [0.3, 0.4) is 0 Å². The van der Waals surface area contributed by atoms with E-state index in [1.54, 1.807) is 0 Å².